The monoisotopic (exact) mass is 331 g/mol. The van der Waals surface area contributed by atoms with Crippen molar-refractivity contribution in [2.75, 3.05) is 20.1 Å². The number of aryl methyl sites for hydroxylation is 1. The number of carbonyl (C=O) groups excluding carboxylic acids is 1. The Morgan fingerprint density at radius 1 is 1.50 bits per heavy atom. The van der Waals surface area contributed by atoms with E-state index in [-0.39, 0.29) is 35.3 Å². The van der Waals surface area contributed by atoms with Crippen LogP contribution in [0.4, 0.5) is 10.1 Å². The number of amides is 1. The molecule has 1 N–H and O–H groups in total. The molecule has 0 aromatic heterocycles. The Labute approximate surface area is 134 Å². The van der Waals surface area contributed by atoms with Gasteiger partial charge in [0.1, 0.15) is 11.4 Å². The second kappa shape index (κ2) is 7.51. The zero-order valence-electron chi connectivity index (χ0n) is 12.5. The molecule has 1 aromatic rings. The molecular weight excluding hydrogens is 313 g/mol. The second-order valence-corrected chi connectivity index (χ2v) is 5.25. The van der Waals surface area contributed by atoms with Crippen LogP contribution in [0.15, 0.2) is 12.1 Å². The van der Waals surface area contributed by atoms with Crippen LogP contribution in [0.5, 0.6) is 0 Å². The number of hydrogen-bond acceptors (Lipinski definition) is 4. The lowest BCUT2D eigenvalue weighted by Crippen LogP contribution is -2.47. The molecule has 22 heavy (non-hydrogen) atoms. The van der Waals surface area contributed by atoms with Crippen molar-refractivity contribution in [3.05, 3.63) is 39.2 Å². The number of nitro benzene ring substituents is 1. The zero-order valence-corrected chi connectivity index (χ0v) is 13.3. The first kappa shape index (κ1) is 18.3. The van der Waals surface area contributed by atoms with Gasteiger partial charge in [-0.3, -0.25) is 14.9 Å². The first-order chi connectivity index (χ1) is 9.93. The number of likely N-dealkylation sites (N-methyl/N-ethyl adjacent to an activating group) is 1. The molecule has 0 bridgehead atoms. The molecule has 1 atom stereocenters. The number of likely N-dealkylation sites (tertiary alicyclic amines) is 1. The minimum atomic E-state index is -0.636. The molecule has 2 rings (SSSR count). The molecular formula is C14H19ClFN3O3. The fourth-order valence-electron chi connectivity index (χ4n) is 2.71. The van der Waals surface area contributed by atoms with Crippen LogP contribution in [-0.4, -0.2) is 41.9 Å². The van der Waals surface area contributed by atoms with Crippen molar-refractivity contribution in [2.45, 2.75) is 25.8 Å². The molecule has 1 aromatic carbocycles. The normalized spacial score (nSPS) is 17.8. The first-order valence-corrected chi connectivity index (χ1v) is 6.85. The molecule has 6 nitrogen and oxygen atoms in total. The number of nitrogens with zero attached hydrogens (tertiary/aromatic N) is 2. The number of carbonyl (C=O) groups is 1. The first-order valence-electron chi connectivity index (χ1n) is 6.85. The van der Waals surface area contributed by atoms with Crippen molar-refractivity contribution in [1.82, 2.24) is 10.2 Å². The molecule has 1 amide bonds. The highest BCUT2D eigenvalue weighted by molar-refractivity contribution is 5.98. The van der Waals surface area contributed by atoms with Crippen molar-refractivity contribution in [2.24, 2.45) is 0 Å². The molecule has 0 aliphatic carbocycles. The molecule has 122 valence electrons. The molecule has 0 radical (unpaired) electrons. The van der Waals surface area contributed by atoms with Gasteiger partial charge in [0.25, 0.3) is 11.6 Å². The van der Waals surface area contributed by atoms with Gasteiger partial charge < -0.3 is 10.2 Å². The Morgan fingerprint density at radius 3 is 2.77 bits per heavy atom. The van der Waals surface area contributed by atoms with Gasteiger partial charge in [-0.15, -0.1) is 12.4 Å². The lowest BCUT2D eigenvalue weighted by atomic mass is 10.0. The van der Waals surface area contributed by atoms with Gasteiger partial charge in [0.2, 0.25) is 0 Å². The summed E-state index contributed by atoms with van der Waals surface area (Å²) in [5.41, 5.74) is -0.326. The molecule has 8 heteroatoms. The van der Waals surface area contributed by atoms with Crippen LogP contribution in [-0.2, 0) is 0 Å². The maximum Gasteiger partial charge on any atom is 0.285 e. The molecule has 1 heterocycles. The number of benzene rings is 1. The van der Waals surface area contributed by atoms with E-state index >= 15 is 0 Å². The van der Waals surface area contributed by atoms with Gasteiger partial charge in [0.05, 0.1) is 4.92 Å². The number of hydrogen-bond donors (Lipinski definition) is 1. The van der Waals surface area contributed by atoms with Gasteiger partial charge in [-0.2, -0.15) is 0 Å². The third-order valence-corrected chi connectivity index (χ3v) is 3.80. The van der Waals surface area contributed by atoms with Gasteiger partial charge in [0.15, 0.2) is 0 Å². The summed E-state index contributed by atoms with van der Waals surface area (Å²) >= 11 is 0. The van der Waals surface area contributed by atoms with Crippen LogP contribution in [0.2, 0.25) is 0 Å². The quantitative estimate of drug-likeness (QED) is 0.681. The Balaban J connectivity index is 0.00000242. The van der Waals surface area contributed by atoms with E-state index in [0.717, 1.165) is 25.0 Å². The third-order valence-electron chi connectivity index (χ3n) is 3.80. The predicted octanol–water partition coefficient (Wildman–Crippen LogP) is 2.29. The van der Waals surface area contributed by atoms with E-state index in [1.165, 1.54) is 6.92 Å². The molecule has 0 saturated carbocycles. The van der Waals surface area contributed by atoms with Crippen molar-refractivity contribution in [3.63, 3.8) is 0 Å². The largest absolute Gasteiger partial charge is 0.337 e. The van der Waals surface area contributed by atoms with Gasteiger partial charge in [-0.1, -0.05) is 0 Å². The number of rotatable bonds is 3. The van der Waals surface area contributed by atoms with Crippen LogP contribution in [0.1, 0.15) is 28.8 Å². The lowest BCUT2D eigenvalue weighted by Gasteiger charge is -2.32. The average molecular weight is 332 g/mol. The van der Waals surface area contributed by atoms with E-state index in [1.807, 2.05) is 7.05 Å². The maximum atomic E-state index is 13.5. The Hall–Kier alpha value is -1.73. The summed E-state index contributed by atoms with van der Waals surface area (Å²) in [7, 11) is 1.81. The van der Waals surface area contributed by atoms with Crippen molar-refractivity contribution in [3.8, 4) is 0 Å². The Bertz CT molecular complexity index is 583. The minimum Gasteiger partial charge on any atom is -0.337 e. The van der Waals surface area contributed by atoms with Crippen LogP contribution in [0, 0.1) is 22.9 Å². The van der Waals surface area contributed by atoms with E-state index < -0.39 is 16.6 Å². The SMILES string of the molecule is CNC1CCCN(C(=O)c2cc(F)cc(C)c2[N+](=O)[O-])C1.Cl. The third kappa shape index (κ3) is 3.72. The summed E-state index contributed by atoms with van der Waals surface area (Å²) in [6.45, 7) is 2.44. The van der Waals surface area contributed by atoms with Gasteiger partial charge in [-0.25, -0.2) is 4.39 Å². The summed E-state index contributed by atoms with van der Waals surface area (Å²) in [4.78, 5) is 24.6. The zero-order chi connectivity index (χ0) is 15.6. The smallest absolute Gasteiger partial charge is 0.285 e. The van der Waals surface area contributed by atoms with Gasteiger partial charge in [-0.05, 0) is 38.9 Å². The fraction of sp³-hybridized carbons (Fsp3) is 0.500. The number of nitro groups is 1. The van der Waals surface area contributed by atoms with Crippen molar-refractivity contribution >= 4 is 24.0 Å². The van der Waals surface area contributed by atoms with Crippen molar-refractivity contribution < 1.29 is 14.1 Å². The predicted molar refractivity (Wildman–Crippen MR) is 83.0 cm³/mol. The highest BCUT2D eigenvalue weighted by atomic mass is 35.5. The number of piperidine rings is 1. The van der Waals surface area contributed by atoms with Crippen LogP contribution < -0.4 is 5.32 Å². The fourth-order valence-corrected chi connectivity index (χ4v) is 2.71. The van der Waals surface area contributed by atoms with Crippen LogP contribution in [0.3, 0.4) is 0 Å². The summed E-state index contributed by atoms with van der Waals surface area (Å²) < 4.78 is 13.5. The lowest BCUT2D eigenvalue weighted by molar-refractivity contribution is -0.385. The summed E-state index contributed by atoms with van der Waals surface area (Å²) in [5, 5.41) is 14.3. The minimum absolute atomic E-state index is 0. The highest BCUT2D eigenvalue weighted by Gasteiger charge is 2.30. The molecule has 0 spiro atoms. The molecule has 1 aliphatic rings. The maximum absolute atomic E-state index is 13.5. The average Bonchev–Trinajstić information content (AvgIpc) is 2.45. The number of halogens is 2. The topological polar surface area (TPSA) is 75.5 Å². The van der Waals surface area contributed by atoms with E-state index in [2.05, 4.69) is 5.32 Å². The van der Waals surface area contributed by atoms with Crippen LogP contribution >= 0.6 is 12.4 Å². The molecule has 1 saturated heterocycles. The van der Waals surface area contributed by atoms with E-state index in [4.69, 9.17) is 0 Å². The number of nitrogens with one attached hydrogen (secondary N) is 1. The van der Waals surface area contributed by atoms with Gasteiger partial charge in [0, 0.05) is 24.7 Å². The summed E-state index contributed by atoms with van der Waals surface area (Å²) in [5.74, 6) is -1.12. The highest BCUT2D eigenvalue weighted by Crippen LogP contribution is 2.27. The van der Waals surface area contributed by atoms with Crippen LogP contribution in [0.25, 0.3) is 0 Å². The molecule has 1 fully saturated rings. The van der Waals surface area contributed by atoms with Crippen molar-refractivity contribution in [1.29, 1.82) is 0 Å². The van der Waals surface area contributed by atoms with E-state index in [9.17, 15) is 19.3 Å². The molecule has 1 aliphatic heterocycles. The second-order valence-electron chi connectivity index (χ2n) is 5.25. The molecule has 1 unspecified atom stereocenters. The summed E-state index contributed by atoms with van der Waals surface area (Å²) in [6.07, 6.45) is 1.77. The summed E-state index contributed by atoms with van der Waals surface area (Å²) in [6, 6.07) is 2.19. The Kier molecular flexibility index (Phi) is 6.25. The Morgan fingerprint density at radius 2 is 2.18 bits per heavy atom. The van der Waals surface area contributed by atoms with E-state index in [0.29, 0.717) is 13.1 Å². The van der Waals surface area contributed by atoms with E-state index in [1.54, 1.807) is 4.90 Å². The van der Waals surface area contributed by atoms with Gasteiger partial charge >= 0.3 is 0 Å². The standard InChI is InChI=1S/C14H18FN3O3.ClH/c1-9-6-10(15)7-12(13(9)18(20)21)14(19)17-5-3-4-11(8-17)16-2;/h6-7,11,16H,3-5,8H2,1-2H3;1H.